The monoisotopic (exact) mass is 417 g/mol. The lowest BCUT2D eigenvalue weighted by Gasteiger charge is -2.27. The Morgan fingerprint density at radius 3 is 2.24 bits per heavy atom. The van der Waals surface area contributed by atoms with Gasteiger partial charge < -0.3 is 10.4 Å². The van der Waals surface area contributed by atoms with Gasteiger partial charge >= 0.3 is 18.4 Å². The minimum absolute atomic E-state index is 0.112. The van der Waals surface area contributed by atoms with Gasteiger partial charge in [-0.1, -0.05) is 38.1 Å². The Bertz CT molecular complexity index is 962. The molecule has 1 aliphatic rings. The molecule has 1 unspecified atom stereocenters. The Kier molecular flexibility index (Phi) is 4.83. The number of alkyl halides is 6. The number of carboxylic acid groups (broad SMARTS) is 1. The van der Waals surface area contributed by atoms with Crippen molar-refractivity contribution in [1.29, 1.82) is 0 Å². The quantitative estimate of drug-likeness (QED) is 0.565. The lowest BCUT2D eigenvalue weighted by molar-refractivity contribution is -0.142. The van der Waals surface area contributed by atoms with Gasteiger partial charge in [-0.05, 0) is 46.2 Å². The highest BCUT2D eigenvalue weighted by Gasteiger charge is 2.41. The molecule has 3 nitrogen and oxygen atoms in total. The molecular weight excluding hydrogens is 400 g/mol. The molecule has 0 radical (unpaired) electrons. The van der Waals surface area contributed by atoms with Crippen molar-refractivity contribution in [2.45, 2.75) is 38.7 Å². The van der Waals surface area contributed by atoms with Crippen LogP contribution < -0.4 is 5.32 Å². The summed E-state index contributed by atoms with van der Waals surface area (Å²) in [6, 6.07) is 5.39. The third kappa shape index (κ3) is 4.04. The largest absolute Gasteiger partial charge is 0.465 e. The van der Waals surface area contributed by atoms with E-state index in [0.717, 1.165) is 6.07 Å². The number of hydrogen-bond acceptors (Lipinski definition) is 1. The van der Waals surface area contributed by atoms with Crippen molar-refractivity contribution in [2.75, 3.05) is 0 Å². The van der Waals surface area contributed by atoms with Crippen LogP contribution in [0.3, 0.4) is 0 Å². The Balaban J connectivity index is 2.11. The van der Waals surface area contributed by atoms with Crippen LogP contribution in [0.15, 0.2) is 36.4 Å². The molecule has 0 saturated carbocycles. The van der Waals surface area contributed by atoms with Gasteiger partial charge in [0.25, 0.3) is 0 Å². The van der Waals surface area contributed by atoms with Crippen LogP contribution in [-0.2, 0) is 18.8 Å². The van der Waals surface area contributed by atoms with E-state index in [1.165, 1.54) is 18.2 Å². The summed E-state index contributed by atoms with van der Waals surface area (Å²) in [6.07, 6.45) is -10.7. The van der Waals surface area contributed by atoms with Gasteiger partial charge in [-0.15, -0.1) is 0 Å². The van der Waals surface area contributed by atoms with Crippen molar-refractivity contribution in [1.82, 2.24) is 5.32 Å². The predicted octanol–water partition coefficient (Wildman–Crippen LogP) is 6.28. The highest BCUT2D eigenvalue weighted by atomic mass is 19.4. The van der Waals surface area contributed by atoms with E-state index in [2.05, 4.69) is 5.32 Å². The summed E-state index contributed by atoms with van der Waals surface area (Å²) in [7, 11) is 0. The van der Waals surface area contributed by atoms with Gasteiger partial charge in [0.05, 0.1) is 17.2 Å². The molecule has 29 heavy (non-hydrogen) atoms. The summed E-state index contributed by atoms with van der Waals surface area (Å²) in [5.41, 5.74) is -2.20. The molecule has 0 aromatic heterocycles. The van der Waals surface area contributed by atoms with Crippen LogP contribution in [0, 0.1) is 5.41 Å². The summed E-state index contributed by atoms with van der Waals surface area (Å²) < 4.78 is 79.0. The molecule has 1 atom stereocenters. The second kappa shape index (κ2) is 6.67. The highest BCUT2D eigenvalue weighted by Crippen LogP contribution is 2.47. The Labute approximate surface area is 162 Å². The number of nitrogens with one attached hydrogen (secondary N) is 1. The van der Waals surface area contributed by atoms with Gasteiger partial charge in [-0.3, -0.25) is 0 Å². The standard InChI is InChI=1S/C20H17F6NO2/c1-18(2)9-11-7-10(3-5-14(11)16(18)27-17(28)29)13-6-4-12(19(21,22)23)8-15(13)20(24,25)26/h3-8,16,27H,9H2,1-2H3,(H,28,29). The van der Waals surface area contributed by atoms with E-state index in [1.807, 2.05) is 13.8 Å². The zero-order valence-corrected chi connectivity index (χ0v) is 15.4. The molecule has 9 heteroatoms. The van der Waals surface area contributed by atoms with Gasteiger partial charge in [0.2, 0.25) is 0 Å². The predicted molar refractivity (Wildman–Crippen MR) is 93.3 cm³/mol. The first-order valence-electron chi connectivity index (χ1n) is 8.61. The van der Waals surface area contributed by atoms with E-state index in [1.54, 1.807) is 0 Å². The number of carbonyl (C=O) groups is 1. The molecular formula is C20H17F6NO2. The summed E-state index contributed by atoms with van der Waals surface area (Å²) in [6.45, 7) is 3.65. The van der Waals surface area contributed by atoms with Crippen molar-refractivity contribution in [3.8, 4) is 11.1 Å². The smallest absolute Gasteiger partial charge is 0.417 e. The van der Waals surface area contributed by atoms with E-state index in [9.17, 15) is 31.1 Å². The molecule has 0 spiro atoms. The maximum atomic E-state index is 13.5. The average molecular weight is 417 g/mol. The second-order valence-electron chi connectivity index (χ2n) is 7.72. The van der Waals surface area contributed by atoms with E-state index >= 15 is 0 Å². The maximum Gasteiger partial charge on any atom is 0.417 e. The normalized spacial score (nSPS) is 18.4. The van der Waals surface area contributed by atoms with Gasteiger partial charge in [-0.2, -0.15) is 26.3 Å². The molecule has 0 aliphatic heterocycles. The molecule has 2 aromatic rings. The number of fused-ring (bicyclic) bond motifs is 1. The lowest BCUT2D eigenvalue weighted by Crippen LogP contribution is -2.34. The Hall–Kier alpha value is -2.71. The van der Waals surface area contributed by atoms with E-state index in [4.69, 9.17) is 5.11 Å². The number of amides is 1. The summed E-state index contributed by atoms with van der Waals surface area (Å²) in [4.78, 5) is 11.1. The first kappa shape index (κ1) is 21.0. The van der Waals surface area contributed by atoms with Crippen LogP contribution in [0.5, 0.6) is 0 Å². The molecule has 0 bridgehead atoms. The van der Waals surface area contributed by atoms with Crippen LogP contribution in [-0.4, -0.2) is 11.2 Å². The molecule has 0 fully saturated rings. The maximum absolute atomic E-state index is 13.5. The lowest BCUT2D eigenvalue weighted by atomic mass is 9.85. The fraction of sp³-hybridized carbons (Fsp3) is 0.350. The first-order chi connectivity index (χ1) is 13.2. The van der Waals surface area contributed by atoms with Crippen molar-refractivity contribution in [3.63, 3.8) is 0 Å². The average Bonchev–Trinajstić information content (AvgIpc) is 2.81. The van der Waals surface area contributed by atoms with Crippen molar-refractivity contribution < 1.29 is 36.2 Å². The third-order valence-corrected chi connectivity index (χ3v) is 5.11. The molecule has 1 amide bonds. The van der Waals surface area contributed by atoms with Crippen molar-refractivity contribution in [3.05, 3.63) is 58.7 Å². The van der Waals surface area contributed by atoms with Gasteiger partial charge in [-0.25, -0.2) is 4.79 Å². The number of hydrogen-bond donors (Lipinski definition) is 2. The zero-order chi connectivity index (χ0) is 21.8. The summed E-state index contributed by atoms with van der Waals surface area (Å²) in [5, 5.41) is 11.5. The molecule has 2 aromatic carbocycles. The SMILES string of the molecule is CC1(C)Cc2cc(-c3ccc(C(F)(F)F)cc3C(F)(F)F)ccc2C1NC(=O)O. The fourth-order valence-corrected chi connectivity index (χ4v) is 3.83. The van der Waals surface area contributed by atoms with Gasteiger partial charge in [0, 0.05) is 0 Å². The molecule has 0 saturated heterocycles. The van der Waals surface area contributed by atoms with Crippen LogP contribution in [0.1, 0.15) is 42.1 Å². The van der Waals surface area contributed by atoms with E-state index in [-0.39, 0.29) is 17.2 Å². The minimum atomic E-state index is -4.97. The molecule has 156 valence electrons. The van der Waals surface area contributed by atoms with Crippen molar-refractivity contribution >= 4 is 6.09 Å². The molecule has 2 N–H and O–H groups in total. The van der Waals surface area contributed by atoms with Crippen molar-refractivity contribution in [2.24, 2.45) is 5.41 Å². The van der Waals surface area contributed by atoms with E-state index < -0.39 is 41.0 Å². The Morgan fingerprint density at radius 2 is 1.69 bits per heavy atom. The number of halogens is 6. The minimum Gasteiger partial charge on any atom is -0.465 e. The molecule has 3 rings (SSSR count). The van der Waals surface area contributed by atoms with Crippen LogP contribution in [0.2, 0.25) is 0 Å². The molecule has 0 heterocycles. The van der Waals surface area contributed by atoms with Crippen LogP contribution in [0.4, 0.5) is 31.1 Å². The first-order valence-corrected chi connectivity index (χ1v) is 8.61. The summed E-state index contributed by atoms with van der Waals surface area (Å²) in [5.74, 6) is 0. The van der Waals surface area contributed by atoms with Crippen LogP contribution in [0.25, 0.3) is 11.1 Å². The molecule has 1 aliphatic carbocycles. The van der Waals surface area contributed by atoms with E-state index in [0.29, 0.717) is 23.6 Å². The third-order valence-electron chi connectivity index (χ3n) is 5.11. The topological polar surface area (TPSA) is 49.3 Å². The van der Waals surface area contributed by atoms with Gasteiger partial charge in [0.1, 0.15) is 0 Å². The summed E-state index contributed by atoms with van der Waals surface area (Å²) >= 11 is 0. The zero-order valence-electron chi connectivity index (χ0n) is 15.4. The fourth-order valence-electron chi connectivity index (χ4n) is 3.83. The Morgan fingerprint density at radius 1 is 1.03 bits per heavy atom. The number of benzene rings is 2. The number of rotatable bonds is 2. The second-order valence-corrected chi connectivity index (χ2v) is 7.72. The van der Waals surface area contributed by atoms with Crippen LogP contribution >= 0.6 is 0 Å². The van der Waals surface area contributed by atoms with Gasteiger partial charge in [0.15, 0.2) is 0 Å². The highest BCUT2D eigenvalue weighted by molar-refractivity contribution is 5.71.